The van der Waals surface area contributed by atoms with Crippen molar-refractivity contribution >= 4 is 11.6 Å². The van der Waals surface area contributed by atoms with Crippen LogP contribution in [0.25, 0.3) is 0 Å². The van der Waals surface area contributed by atoms with Gasteiger partial charge in [-0.1, -0.05) is 12.1 Å². The summed E-state index contributed by atoms with van der Waals surface area (Å²) in [6.07, 6.45) is 0.504. The summed E-state index contributed by atoms with van der Waals surface area (Å²) in [6, 6.07) is 6.39. The van der Waals surface area contributed by atoms with E-state index in [9.17, 15) is 4.79 Å². The van der Waals surface area contributed by atoms with Crippen molar-refractivity contribution in [3.8, 4) is 0 Å². The van der Waals surface area contributed by atoms with Crippen molar-refractivity contribution < 1.29 is 4.79 Å². The first-order valence-corrected chi connectivity index (χ1v) is 5.80. The number of nitrogens with two attached hydrogens (primary N) is 1. The molecule has 2 rings (SSSR count). The number of hydrogen-bond donors (Lipinski definition) is 1. The van der Waals surface area contributed by atoms with Gasteiger partial charge in [0.1, 0.15) is 0 Å². The predicted molar refractivity (Wildman–Crippen MR) is 69.0 cm³/mol. The normalized spacial score (nSPS) is 16.5. The zero-order valence-electron chi connectivity index (χ0n) is 10.6. The van der Waals surface area contributed by atoms with Crippen LogP contribution in [0, 0.1) is 0 Å². The van der Waals surface area contributed by atoms with E-state index < -0.39 is 0 Å². The first kappa shape index (κ1) is 12.1. The Balaban J connectivity index is 2.35. The number of amides is 1. The Morgan fingerprint density at radius 2 is 2.18 bits per heavy atom. The van der Waals surface area contributed by atoms with Crippen molar-refractivity contribution in [2.24, 2.45) is 5.73 Å². The van der Waals surface area contributed by atoms with Gasteiger partial charge in [-0.25, -0.2) is 0 Å². The molecule has 92 valence electrons. The molecule has 1 aromatic carbocycles. The number of rotatable bonds is 3. The second kappa shape index (κ2) is 4.47. The molecule has 4 nitrogen and oxygen atoms in total. The molecule has 1 heterocycles. The molecule has 4 heteroatoms. The van der Waals surface area contributed by atoms with Crippen LogP contribution in [0.4, 0.5) is 5.69 Å². The summed E-state index contributed by atoms with van der Waals surface area (Å²) < 4.78 is 0. The molecule has 0 saturated heterocycles. The molecule has 1 aliphatic heterocycles. The van der Waals surface area contributed by atoms with E-state index >= 15 is 0 Å². The average molecular weight is 233 g/mol. The minimum atomic E-state index is 0.159. The van der Waals surface area contributed by atoms with Gasteiger partial charge in [0.05, 0.1) is 6.42 Å². The lowest BCUT2D eigenvalue weighted by Crippen LogP contribution is -2.27. The van der Waals surface area contributed by atoms with Crippen LogP contribution in [0.5, 0.6) is 0 Å². The molecule has 0 aromatic heterocycles. The van der Waals surface area contributed by atoms with Crippen LogP contribution < -0.4 is 10.6 Å². The van der Waals surface area contributed by atoms with Crippen molar-refractivity contribution in [3.63, 3.8) is 0 Å². The van der Waals surface area contributed by atoms with Crippen molar-refractivity contribution in [3.05, 3.63) is 29.3 Å². The van der Waals surface area contributed by atoms with E-state index in [1.165, 1.54) is 5.56 Å². The molecular formula is C13H19N3O. The average Bonchev–Trinajstić information content (AvgIpc) is 2.55. The van der Waals surface area contributed by atoms with E-state index in [1.54, 1.807) is 4.90 Å². The Labute approximate surface area is 102 Å². The summed E-state index contributed by atoms with van der Waals surface area (Å²) in [5, 5.41) is 0. The van der Waals surface area contributed by atoms with Gasteiger partial charge in [0.25, 0.3) is 0 Å². The fraction of sp³-hybridized carbons (Fsp3) is 0.462. The van der Waals surface area contributed by atoms with Gasteiger partial charge >= 0.3 is 0 Å². The molecular weight excluding hydrogens is 214 g/mol. The molecule has 17 heavy (non-hydrogen) atoms. The van der Waals surface area contributed by atoms with Crippen molar-refractivity contribution in [2.75, 3.05) is 32.6 Å². The number of fused-ring (bicyclic) bond motifs is 1. The highest BCUT2D eigenvalue weighted by Gasteiger charge is 2.25. The standard InChI is InChI=1S/C13H19N3O/c1-15(2)12(8-14)9-4-5-11-10(6-9)7-13(17)16(11)3/h4-6,12H,7-8,14H2,1-3H3. The third-order valence-corrected chi connectivity index (χ3v) is 3.41. The molecule has 1 atom stereocenters. The van der Waals surface area contributed by atoms with Crippen molar-refractivity contribution in [1.82, 2.24) is 4.90 Å². The summed E-state index contributed by atoms with van der Waals surface area (Å²) in [6.45, 7) is 0.579. The highest BCUT2D eigenvalue weighted by atomic mass is 16.2. The number of carbonyl (C=O) groups is 1. The summed E-state index contributed by atoms with van der Waals surface area (Å²) in [4.78, 5) is 15.4. The lowest BCUT2D eigenvalue weighted by molar-refractivity contribution is -0.117. The zero-order chi connectivity index (χ0) is 12.6. The highest BCUT2D eigenvalue weighted by molar-refractivity contribution is 6.00. The van der Waals surface area contributed by atoms with Gasteiger partial charge in [-0.3, -0.25) is 4.79 Å². The van der Waals surface area contributed by atoms with E-state index in [0.717, 1.165) is 11.3 Å². The van der Waals surface area contributed by atoms with Crippen LogP contribution >= 0.6 is 0 Å². The number of nitrogens with zero attached hydrogens (tertiary/aromatic N) is 2. The van der Waals surface area contributed by atoms with Gasteiger partial charge in [-0.05, 0) is 31.3 Å². The van der Waals surface area contributed by atoms with E-state index in [-0.39, 0.29) is 11.9 Å². The fourth-order valence-electron chi connectivity index (χ4n) is 2.34. The number of anilines is 1. The molecule has 1 aliphatic rings. The SMILES string of the molecule is CN1C(=O)Cc2cc(C(CN)N(C)C)ccc21. The number of carbonyl (C=O) groups excluding carboxylic acids is 1. The van der Waals surface area contributed by atoms with E-state index in [0.29, 0.717) is 13.0 Å². The van der Waals surface area contributed by atoms with Crippen LogP contribution in [0.1, 0.15) is 17.2 Å². The number of likely N-dealkylation sites (N-methyl/N-ethyl adjacent to an activating group) is 2. The maximum absolute atomic E-state index is 11.6. The van der Waals surface area contributed by atoms with Crippen molar-refractivity contribution in [2.45, 2.75) is 12.5 Å². The maximum atomic E-state index is 11.6. The first-order valence-electron chi connectivity index (χ1n) is 5.80. The third kappa shape index (κ3) is 2.06. The minimum absolute atomic E-state index is 0.159. The van der Waals surface area contributed by atoms with Crippen LogP contribution in [0.3, 0.4) is 0 Å². The van der Waals surface area contributed by atoms with Gasteiger partial charge < -0.3 is 15.5 Å². The van der Waals surface area contributed by atoms with Gasteiger partial charge in [0.15, 0.2) is 0 Å². The lowest BCUT2D eigenvalue weighted by Gasteiger charge is -2.23. The second-order valence-electron chi connectivity index (χ2n) is 4.73. The molecule has 1 amide bonds. The quantitative estimate of drug-likeness (QED) is 0.839. The number of hydrogen-bond acceptors (Lipinski definition) is 3. The topological polar surface area (TPSA) is 49.6 Å². The molecule has 0 saturated carbocycles. The Morgan fingerprint density at radius 3 is 2.76 bits per heavy atom. The summed E-state index contributed by atoms with van der Waals surface area (Å²) in [5.41, 5.74) is 9.09. The fourth-order valence-corrected chi connectivity index (χ4v) is 2.34. The Hall–Kier alpha value is -1.39. The van der Waals surface area contributed by atoms with Crippen LogP contribution in [0.2, 0.25) is 0 Å². The molecule has 0 aliphatic carbocycles. The largest absolute Gasteiger partial charge is 0.329 e. The third-order valence-electron chi connectivity index (χ3n) is 3.41. The molecule has 2 N–H and O–H groups in total. The number of benzene rings is 1. The molecule has 0 spiro atoms. The zero-order valence-corrected chi connectivity index (χ0v) is 10.6. The van der Waals surface area contributed by atoms with E-state index in [2.05, 4.69) is 17.0 Å². The van der Waals surface area contributed by atoms with Gasteiger partial charge in [-0.15, -0.1) is 0 Å². The first-order chi connectivity index (χ1) is 8.04. The molecule has 1 unspecified atom stereocenters. The second-order valence-corrected chi connectivity index (χ2v) is 4.73. The minimum Gasteiger partial charge on any atom is -0.329 e. The summed E-state index contributed by atoms with van der Waals surface area (Å²) in [5.74, 6) is 0.159. The maximum Gasteiger partial charge on any atom is 0.231 e. The Bertz CT molecular complexity index is 442. The van der Waals surface area contributed by atoms with E-state index in [1.807, 2.05) is 27.2 Å². The summed E-state index contributed by atoms with van der Waals surface area (Å²) >= 11 is 0. The van der Waals surface area contributed by atoms with Gasteiger partial charge in [0, 0.05) is 25.3 Å². The van der Waals surface area contributed by atoms with Crippen LogP contribution in [-0.4, -0.2) is 38.5 Å². The Kier molecular flexibility index (Phi) is 3.17. The summed E-state index contributed by atoms with van der Waals surface area (Å²) in [7, 11) is 5.85. The molecule has 1 aromatic rings. The van der Waals surface area contributed by atoms with Crippen molar-refractivity contribution in [1.29, 1.82) is 0 Å². The van der Waals surface area contributed by atoms with Gasteiger partial charge in [-0.2, -0.15) is 0 Å². The monoisotopic (exact) mass is 233 g/mol. The molecule has 0 fully saturated rings. The molecule has 0 bridgehead atoms. The van der Waals surface area contributed by atoms with Gasteiger partial charge in [0.2, 0.25) is 5.91 Å². The highest BCUT2D eigenvalue weighted by Crippen LogP contribution is 2.30. The van der Waals surface area contributed by atoms with Crippen LogP contribution in [-0.2, 0) is 11.2 Å². The predicted octanol–water partition coefficient (Wildman–Crippen LogP) is 0.767. The van der Waals surface area contributed by atoms with Crippen LogP contribution in [0.15, 0.2) is 18.2 Å². The Morgan fingerprint density at radius 1 is 1.47 bits per heavy atom. The smallest absolute Gasteiger partial charge is 0.231 e. The molecule has 0 radical (unpaired) electrons. The lowest BCUT2D eigenvalue weighted by atomic mass is 10.0. The van der Waals surface area contributed by atoms with E-state index in [4.69, 9.17) is 5.73 Å².